The Bertz CT molecular complexity index is 1160. The van der Waals surface area contributed by atoms with Crippen LogP contribution in [-0.2, 0) is 23.9 Å². The van der Waals surface area contributed by atoms with Crippen molar-refractivity contribution in [1.29, 1.82) is 0 Å². The van der Waals surface area contributed by atoms with Crippen molar-refractivity contribution in [3.63, 3.8) is 0 Å². The second kappa shape index (κ2) is 14.9. The maximum atomic E-state index is 14.5. The van der Waals surface area contributed by atoms with Crippen LogP contribution in [0, 0.1) is 35.0 Å². The summed E-state index contributed by atoms with van der Waals surface area (Å²) in [4.78, 5) is 69.1. The van der Waals surface area contributed by atoms with Gasteiger partial charge in [-0.3, -0.25) is 19.2 Å². The van der Waals surface area contributed by atoms with Gasteiger partial charge in [-0.15, -0.1) is 6.58 Å². The smallest absolute Gasteiger partial charge is 0.408 e. The summed E-state index contributed by atoms with van der Waals surface area (Å²) in [5.74, 6) is -1.05. The minimum atomic E-state index is -0.985. The molecule has 0 radical (unpaired) electrons. The third-order valence-electron chi connectivity index (χ3n) is 12.0. The molecular formula is C36H56N4O6. The summed E-state index contributed by atoms with van der Waals surface area (Å²) in [5.41, 5.74) is -0.130. The molecule has 1 saturated heterocycles. The number of hydrogen-bond acceptors (Lipinski definition) is 6. The fraction of sp³-hybridized carbons (Fsp3) is 0.806. The number of piperidine rings is 1. The van der Waals surface area contributed by atoms with E-state index in [2.05, 4.69) is 36.4 Å². The first-order valence-electron chi connectivity index (χ1n) is 18.1. The Morgan fingerprint density at radius 1 is 0.935 bits per heavy atom. The molecule has 0 aromatic rings. The average molecular weight is 641 g/mol. The number of carbonyl (C=O) groups excluding carboxylic acids is 5. The zero-order chi connectivity index (χ0) is 33.0. The molecule has 1 heterocycles. The van der Waals surface area contributed by atoms with Gasteiger partial charge >= 0.3 is 6.09 Å². The van der Waals surface area contributed by atoms with Crippen LogP contribution in [0.2, 0.25) is 0 Å². The van der Waals surface area contributed by atoms with Crippen molar-refractivity contribution in [3.05, 3.63) is 12.7 Å². The Labute approximate surface area is 274 Å². The van der Waals surface area contributed by atoms with Gasteiger partial charge in [0.05, 0.1) is 6.04 Å². The summed E-state index contributed by atoms with van der Waals surface area (Å²) in [7, 11) is 0. The number of carbonyl (C=O) groups is 5. The number of fused-ring (bicyclic) bond motifs is 1. The fourth-order valence-corrected chi connectivity index (χ4v) is 9.39. The highest BCUT2D eigenvalue weighted by Gasteiger charge is 2.69. The zero-order valence-corrected chi connectivity index (χ0v) is 28.2. The third-order valence-corrected chi connectivity index (χ3v) is 12.0. The number of rotatable bonds is 13. The molecule has 4 saturated carbocycles. The van der Waals surface area contributed by atoms with Gasteiger partial charge < -0.3 is 25.6 Å². The van der Waals surface area contributed by atoms with E-state index in [1.165, 1.54) is 31.8 Å². The third kappa shape index (κ3) is 7.30. The van der Waals surface area contributed by atoms with Crippen molar-refractivity contribution >= 4 is 29.6 Å². The van der Waals surface area contributed by atoms with Crippen LogP contribution in [0.5, 0.6) is 0 Å². The quantitative estimate of drug-likeness (QED) is 0.198. The topological polar surface area (TPSA) is 134 Å². The molecule has 4 amide bonds. The Kier molecular flexibility index (Phi) is 11.1. The fourth-order valence-electron chi connectivity index (χ4n) is 9.39. The van der Waals surface area contributed by atoms with Gasteiger partial charge in [0.25, 0.3) is 5.91 Å². The van der Waals surface area contributed by atoms with Crippen molar-refractivity contribution in [2.24, 2.45) is 35.0 Å². The van der Waals surface area contributed by atoms with Gasteiger partial charge in [0.15, 0.2) is 0 Å². The van der Waals surface area contributed by atoms with E-state index in [1.807, 2.05) is 6.92 Å². The number of amides is 4. The van der Waals surface area contributed by atoms with Gasteiger partial charge in [-0.25, -0.2) is 4.79 Å². The lowest BCUT2D eigenvalue weighted by atomic mass is 9.83. The van der Waals surface area contributed by atoms with Crippen LogP contribution in [0.1, 0.15) is 111 Å². The molecule has 1 aliphatic heterocycles. The van der Waals surface area contributed by atoms with E-state index in [9.17, 15) is 24.0 Å². The van der Waals surface area contributed by atoms with Gasteiger partial charge in [0.1, 0.15) is 18.2 Å². The minimum Gasteiger partial charge on any atom is -0.446 e. The predicted octanol–water partition coefficient (Wildman–Crippen LogP) is 4.66. The van der Waals surface area contributed by atoms with Gasteiger partial charge in [0, 0.05) is 13.1 Å². The number of hydrogen-bond donors (Lipinski definition) is 3. The molecule has 7 atom stereocenters. The predicted molar refractivity (Wildman–Crippen MR) is 174 cm³/mol. The Morgan fingerprint density at radius 2 is 1.63 bits per heavy atom. The summed E-state index contributed by atoms with van der Waals surface area (Å²) >= 11 is 0. The van der Waals surface area contributed by atoms with Gasteiger partial charge in [-0.1, -0.05) is 78.2 Å². The Balaban J connectivity index is 1.31. The summed E-state index contributed by atoms with van der Waals surface area (Å²) in [5, 5.41) is 8.39. The van der Waals surface area contributed by atoms with E-state index >= 15 is 0 Å². The van der Waals surface area contributed by atoms with E-state index in [1.54, 1.807) is 4.90 Å². The summed E-state index contributed by atoms with van der Waals surface area (Å²) < 4.78 is 6.08. The number of alkyl carbamates (subject to hydrolysis) is 1. The van der Waals surface area contributed by atoms with Crippen LogP contribution in [-0.4, -0.2) is 71.8 Å². The van der Waals surface area contributed by atoms with Crippen LogP contribution in [0.15, 0.2) is 12.7 Å². The Morgan fingerprint density at radius 3 is 2.30 bits per heavy atom. The standard InChI is InChI=1S/C36H56N4O6/c1-5-13-26(31(41)33(43)37-20-6-2)38-32(42)30-28-25(36(28,3)4)21-40(30)34(44)29(23-16-8-7-9-17-23)39-35(45)46-27-19-12-18-24(27)22-14-10-11-15-22/h6,22-30H,2,5,7-21H2,1,3-4H3,(H,37,43)(H,38,42)(H,39,45)/t24?,25-,26?,27?,28-,29?,30+/m1/s1. The first-order chi connectivity index (χ1) is 22.1. The molecule has 5 aliphatic rings. The van der Waals surface area contributed by atoms with E-state index in [-0.39, 0.29) is 41.7 Å². The number of likely N-dealkylation sites (tertiary alicyclic amines) is 1. The maximum Gasteiger partial charge on any atom is 0.408 e. The van der Waals surface area contributed by atoms with Crippen molar-refractivity contribution in [3.8, 4) is 0 Å². The number of ether oxygens (including phenoxy) is 1. The van der Waals surface area contributed by atoms with Crippen LogP contribution in [0.25, 0.3) is 0 Å². The molecule has 256 valence electrons. The minimum absolute atomic E-state index is 0.0281. The lowest BCUT2D eigenvalue weighted by Crippen LogP contribution is -2.59. The molecule has 10 heteroatoms. The largest absolute Gasteiger partial charge is 0.446 e. The van der Waals surface area contributed by atoms with E-state index in [0.29, 0.717) is 31.2 Å². The maximum absolute atomic E-state index is 14.5. The molecule has 0 aromatic carbocycles. The van der Waals surface area contributed by atoms with Crippen LogP contribution >= 0.6 is 0 Å². The van der Waals surface area contributed by atoms with Gasteiger partial charge in [-0.2, -0.15) is 0 Å². The lowest BCUT2D eigenvalue weighted by molar-refractivity contribution is -0.145. The van der Waals surface area contributed by atoms with E-state index in [4.69, 9.17) is 4.74 Å². The second-order valence-electron chi connectivity index (χ2n) is 15.2. The van der Waals surface area contributed by atoms with Gasteiger partial charge in [-0.05, 0) is 73.5 Å². The first-order valence-corrected chi connectivity index (χ1v) is 18.1. The summed E-state index contributed by atoms with van der Waals surface area (Å²) in [6.45, 7) is 10.3. The molecule has 4 aliphatic carbocycles. The number of nitrogens with one attached hydrogen (secondary N) is 3. The zero-order valence-electron chi connectivity index (χ0n) is 28.2. The molecule has 0 aromatic heterocycles. The van der Waals surface area contributed by atoms with Crippen LogP contribution < -0.4 is 16.0 Å². The van der Waals surface area contributed by atoms with Gasteiger partial charge in [0.2, 0.25) is 17.6 Å². The van der Waals surface area contributed by atoms with E-state index < -0.39 is 41.8 Å². The van der Waals surface area contributed by atoms with Crippen molar-refractivity contribution < 1.29 is 28.7 Å². The summed E-state index contributed by atoms with van der Waals surface area (Å²) in [6.07, 6.45) is 14.4. The second-order valence-corrected chi connectivity index (χ2v) is 15.2. The summed E-state index contributed by atoms with van der Waals surface area (Å²) in [6, 6.07) is -2.53. The SMILES string of the molecule is C=CCNC(=O)C(=O)C(CCC)NC(=O)[C@@H]1[C@H]2[C@@H](CN1C(=O)C(NC(=O)OC1CCCC1C1CCCC1)C1CCCCC1)C2(C)C. The van der Waals surface area contributed by atoms with Crippen LogP contribution in [0.3, 0.4) is 0 Å². The molecule has 10 nitrogen and oxygen atoms in total. The van der Waals surface area contributed by atoms with Crippen molar-refractivity contribution in [1.82, 2.24) is 20.9 Å². The molecule has 0 spiro atoms. The lowest BCUT2D eigenvalue weighted by Gasteiger charge is -2.37. The highest BCUT2D eigenvalue weighted by atomic mass is 16.6. The van der Waals surface area contributed by atoms with Crippen molar-refractivity contribution in [2.45, 2.75) is 135 Å². The van der Waals surface area contributed by atoms with E-state index in [0.717, 1.165) is 51.4 Å². The molecule has 46 heavy (non-hydrogen) atoms. The number of Topliss-reactive ketones (excluding diaryl/α,β-unsaturated/α-hetero) is 1. The highest BCUT2D eigenvalue weighted by molar-refractivity contribution is 6.38. The number of ketones is 1. The monoisotopic (exact) mass is 640 g/mol. The molecular weight excluding hydrogens is 584 g/mol. The van der Waals surface area contributed by atoms with Crippen molar-refractivity contribution in [2.75, 3.05) is 13.1 Å². The highest BCUT2D eigenvalue weighted by Crippen LogP contribution is 2.65. The number of nitrogens with zero attached hydrogens (tertiary/aromatic N) is 1. The molecule has 3 N–H and O–H groups in total. The normalized spacial score (nSPS) is 30.2. The molecule has 5 rings (SSSR count). The Hall–Kier alpha value is -2.91. The molecule has 4 unspecified atom stereocenters. The van der Waals surface area contributed by atoms with Crippen LogP contribution in [0.4, 0.5) is 4.79 Å². The average Bonchev–Trinajstić information content (AvgIpc) is 3.64. The first kappa shape index (κ1) is 34.4. The molecule has 0 bridgehead atoms. The molecule has 5 fully saturated rings.